The first-order valence-electron chi connectivity index (χ1n) is 18.5. The van der Waals surface area contributed by atoms with Gasteiger partial charge in [-0.2, -0.15) is 0 Å². The van der Waals surface area contributed by atoms with Crippen molar-refractivity contribution in [3.05, 3.63) is 66.2 Å². The largest absolute Gasteiger partial charge is 0.490 e. The first-order valence-corrected chi connectivity index (χ1v) is 18.5. The molecule has 3 aromatic carbocycles. The summed E-state index contributed by atoms with van der Waals surface area (Å²) in [5.74, 6) is -0.0888. The molecule has 1 aliphatic carbocycles. The van der Waals surface area contributed by atoms with Gasteiger partial charge < -0.3 is 40.3 Å². The Morgan fingerprint density at radius 2 is 1.71 bits per heavy atom. The molecule has 3 aromatic rings. The van der Waals surface area contributed by atoms with Gasteiger partial charge in [-0.25, -0.2) is 9.59 Å². The quantitative estimate of drug-likeness (QED) is 0.205. The van der Waals surface area contributed by atoms with E-state index in [1.165, 1.54) is 6.42 Å². The lowest BCUT2D eigenvalue weighted by Crippen LogP contribution is -2.50. The lowest BCUT2D eigenvalue weighted by atomic mass is 9.96. The summed E-state index contributed by atoms with van der Waals surface area (Å²) in [5, 5.41) is 21.2. The van der Waals surface area contributed by atoms with Crippen LogP contribution in [0, 0.1) is 5.92 Å². The summed E-state index contributed by atoms with van der Waals surface area (Å²) in [6.45, 7) is 6.72. The molecule has 276 valence electrons. The van der Waals surface area contributed by atoms with Gasteiger partial charge in [0.25, 0.3) is 5.91 Å². The van der Waals surface area contributed by atoms with Gasteiger partial charge in [0.2, 0.25) is 0 Å². The van der Waals surface area contributed by atoms with E-state index < -0.39 is 12.1 Å². The minimum absolute atomic E-state index is 0.113. The molecule has 0 unspecified atom stereocenters. The molecular weight excluding hydrogens is 646 g/mol. The second-order valence-corrected chi connectivity index (χ2v) is 14.3. The Labute approximate surface area is 302 Å². The highest BCUT2D eigenvalue weighted by Crippen LogP contribution is 2.29. The van der Waals surface area contributed by atoms with Crippen LogP contribution < -0.4 is 20.7 Å². The molecule has 4 atom stereocenters. The molecule has 0 spiro atoms. The van der Waals surface area contributed by atoms with Crippen molar-refractivity contribution >= 4 is 40.1 Å². The summed E-state index contributed by atoms with van der Waals surface area (Å²) in [7, 11) is 1.79. The third-order valence-electron chi connectivity index (χ3n) is 10.1. The van der Waals surface area contributed by atoms with Crippen LogP contribution in [0.15, 0.2) is 60.7 Å². The van der Waals surface area contributed by atoms with Crippen molar-refractivity contribution in [1.29, 1.82) is 0 Å². The third kappa shape index (κ3) is 10.4. The average Bonchev–Trinajstić information content (AvgIpc) is 3.13. The van der Waals surface area contributed by atoms with Crippen molar-refractivity contribution in [1.82, 2.24) is 15.1 Å². The van der Waals surface area contributed by atoms with Crippen molar-refractivity contribution in [2.24, 2.45) is 5.92 Å². The predicted molar refractivity (Wildman–Crippen MR) is 201 cm³/mol. The van der Waals surface area contributed by atoms with E-state index in [4.69, 9.17) is 9.47 Å². The molecule has 1 saturated carbocycles. The Kier molecular flexibility index (Phi) is 13.5. The lowest BCUT2D eigenvalue weighted by molar-refractivity contribution is -0.0123. The molecule has 5 rings (SSSR count). The molecule has 1 heterocycles. The van der Waals surface area contributed by atoms with Crippen LogP contribution in [0.5, 0.6) is 5.75 Å². The Bertz CT molecular complexity index is 1620. The smallest absolute Gasteiger partial charge is 0.323 e. The van der Waals surface area contributed by atoms with Crippen LogP contribution >= 0.6 is 0 Å². The maximum absolute atomic E-state index is 14.5. The number of hydrogen-bond donors (Lipinski definition) is 4. The number of nitrogens with one attached hydrogen (secondary N) is 3. The van der Waals surface area contributed by atoms with Gasteiger partial charge in [0, 0.05) is 49.8 Å². The van der Waals surface area contributed by atoms with Gasteiger partial charge in [0.15, 0.2) is 0 Å². The fraction of sp³-hybridized carbons (Fsp3) is 0.525. The molecule has 0 bridgehead atoms. The van der Waals surface area contributed by atoms with Gasteiger partial charge in [-0.1, -0.05) is 62.6 Å². The standard InChI is InChI=1S/C40H55N5O6/c1-27-24-45(28(2)26-46)38(47)34-23-32(41-39(48)43-35-19-12-15-30-14-8-9-18-33(30)35)20-21-36(34)51-29(3)13-10-11-22-50-37(27)25-44(4)40(49)42-31-16-6-5-7-17-31/h8-9,12,14-15,18-21,23,27-29,31,37,46H,5-7,10-11,13,16-17,22,24-26H2,1-4H3,(H,42,49)(H2,41,43,48)/t27-,28-,29+,37-/m0/s1. The number of amides is 5. The number of anilines is 2. The van der Waals surface area contributed by atoms with E-state index in [1.807, 2.05) is 56.3 Å². The van der Waals surface area contributed by atoms with Gasteiger partial charge in [0.05, 0.1) is 36.1 Å². The number of likely N-dealkylation sites (N-methyl/N-ethyl adjacent to an activating group) is 1. The van der Waals surface area contributed by atoms with Crippen LogP contribution in [0.25, 0.3) is 10.8 Å². The normalized spacial score (nSPS) is 21.5. The number of ether oxygens (including phenoxy) is 2. The molecule has 51 heavy (non-hydrogen) atoms. The fourth-order valence-electron chi connectivity index (χ4n) is 6.97. The summed E-state index contributed by atoms with van der Waals surface area (Å²) in [5.41, 5.74) is 1.38. The number of aliphatic hydroxyl groups is 1. The number of carbonyl (C=O) groups is 3. The first-order chi connectivity index (χ1) is 24.6. The van der Waals surface area contributed by atoms with E-state index in [-0.39, 0.29) is 54.8 Å². The summed E-state index contributed by atoms with van der Waals surface area (Å²) in [6.07, 6.45) is 7.41. The number of urea groups is 2. The molecule has 1 fully saturated rings. The van der Waals surface area contributed by atoms with Crippen LogP contribution in [0.4, 0.5) is 21.0 Å². The SMILES string of the molecule is C[C@@H]1CCCCO[C@@H](CN(C)C(=O)NC2CCCCC2)[C@@H](C)CN([C@@H](C)CO)C(=O)c2cc(NC(=O)Nc3cccc4ccccc34)ccc2O1. The second-order valence-electron chi connectivity index (χ2n) is 14.3. The second kappa shape index (κ2) is 18.2. The molecule has 11 heteroatoms. The zero-order valence-electron chi connectivity index (χ0n) is 30.5. The number of fused-ring (bicyclic) bond motifs is 2. The van der Waals surface area contributed by atoms with Crippen LogP contribution in [0.1, 0.15) is 82.5 Å². The van der Waals surface area contributed by atoms with Gasteiger partial charge >= 0.3 is 12.1 Å². The van der Waals surface area contributed by atoms with Crippen LogP contribution in [0.2, 0.25) is 0 Å². The summed E-state index contributed by atoms with van der Waals surface area (Å²) < 4.78 is 12.8. The zero-order valence-corrected chi connectivity index (χ0v) is 30.5. The van der Waals surface area contributed by atoms with Gasteiger partial charge in [-0.05, 0) is 75.6 Å². The van der Waals surface area contributed by atoms with E-state index in [9.17, 15) is 19.5 Å². The Morgan fingerprint density at radius 3 is 2.49 bits per heavy atom. The predicted octanol–water partition coefficient (Wildman–Crippen LogP) is 7.25. The van der Waals surface area contributed by atoms with Crippen molar-refractivity contribution in [2.75, 3.05) is 44.0 Å². The average molecular weight is 702 g/mol. The Balaban J connectivity index is 1.36. The summed E-state index contributed by atoms with van der Waals surface area (Å²) >= 11 is 0. The van der Waals surface area contributed by atoms with Crippen molar-refractivity contribution < 1.29 is 29.0 Å². The van der Waals surface area contributed by atoms with Crippen LogP contribution in [-0.4, -0.2) is 90.5 Å². The highest BCUT2D eigenvalue weighted by atomic mass is 16.5. The molecule has 1 aliphatic heterocycles. The minimum Gasteiger partial charge on any atom is -0.490 e. The monoisotopic (exact) mass is 701 g/mol. The van der Waals surface area contributed by atoms with Crippen molar-refractivity contribution in [3.8, 4) is 5.75 Å². The number of hydrogen-bond acceptors (Lipinski definition) is 6. The summed E-state index contributed by atoms with van der Waals surface area (Å²) in [4.78, 5) is 44.2. The first kappa shape index (κ1) is 37.9. The molecule has 0 aromatic heterocycles. The van der Waals surface area contributed by atoms with E-state index >= 15 is 0 Å². The Morgan fingerprint density at radius 1 is 0.961 bits per heavy atom. The number of nitrogens with zero attached hydrogens (tertiary/aromatic N) is 2. The number of rotatable bonds is 7. The van der Waals surface area contributed by atoms with Crippen LogP contribution in [-0.2, 0) is 4.74 Å². The maximum atomic E-state index is 14.5. The highest BCUT2D eigenvalue weighted by Gasteiger charge is 2.31. The number of aliphatic hydroxyl groups excluding tert-OH is 1. The van der Waals surface area contributed by atoms with E-state index in [0.29, 0.717) is 30.3 Å². The number of benzene rings is 3. The fourth-order valence-corrected chi connectivity index (χ4v) is 6.97. The van der Waals surface area contributed by atoms with Crippen molar-refractivity contribution in [2.45, 2.75) is 96.4 Å². The molecule has 0 saturated heterocycles. The van der Waals surface area contributed by atoms with Gasteiger partial charge in [-0.15, -0.1) is 0 Å². The topological polar surface area (TPSA) is 132 Å². The molecule has 0 radical (unpaired) electrons. The van der Waals surface area contributed by atoms with Crippen LogP contribution in [0.3, 0.4) is 0 Å². The Hall–Kier alpha value is -4.35. The lowest BCUT2D eigenvalue weighted by Gasteiger charge is -2.36. The third-order valence-corrected chi connectivity index (χ3v) is 10.1. The zero-order chi connectivity index (χ0) is 36.3. The molecule has 5 amide bonds. The molecule has 2 aliphatic rings. The van der Waals surface area contributed by atoms with Gasteiger partial charge in [-0.3, -0.25) is 4.79 Å². The van der Waals surface area contributed by atoms with E-state index in [2.05, 4.69) is 16.0 Å². The summed E-state index contributed by atoms with van der Waals surface area (Å²) in [6, 6.07) is 17.7. The van der Waals surface area contributed by atoms with E-state index in [1.54, 1.807) is 42.0 Å². The molecule has 11 nitrogen and oxygen atoms in total. The number of carbonyl (C=O) groups excluding carboxylic acids is 3. The molecular formula is C40H55N5O6. The molecule has 4 N–H and O–H groups in total. The van der Waals surface area contributed by atoms with Crippen molar-refractivity contribution in [3.63, 3.8) is 0 Å². The van der Waals surface area contributed by atoms with E-state index in [0.717, 1.165) is 55.7 Å². The minimum atomic E-state index is -0.516. The maximum Gasteiger partial charge on any atom is 0.323 e. The van der Waals surface area contributed by atoms with Gasteiger partial charge in [0.1, 0.15) is 5.75 Å². The highest BCUT2D eigenvalue weighted by molar-refractivity contribution is 6.07.